The molecule has 3 nitrogen and oxygen atoms in total. The van der Waals surface area contributed by atoms with Crippen LogP contribution >= 0.6 is 0 Å². The number of hydrogen-bond donors (Lipinski definition) is 0. The monoisotopic (exact) mass is 281 g/mol. The number of rotatable bonds is 4. The summed E-state index contributed by atoms with van der Waals surface area (Å²) in [6, 6.07) is 15.9. The number of benzene rings is 2. The van der Waals surface area contributed by atoms with Gasteiger partial charge in [-0.1, -0.05) is 30.3 Å². The van der Waals surface area contributed by atoms with E-state index in [1.807, 2.05) is 30.3 Å². The summed E-state index contributed by atoms with van der Waals surface area (Å²) >= 11 is 0. The van der Waals surface area contributed by atoms with Crippen molar-refractivity contribution in [3.05, 3.63) is 84.7 Å². The van der Waals surface area contributed by atoms with Gasteiger partial charge in [0.2, 0.25) is 5.88 Å². The van der Waals surface area contributed by atoms with Gasteiger partial charge in [0.05, 0.1) is 5.69 Å². The second-order valence-corrected chi connectivity index (χ2v) is 4.65. The quantitative estimate of drug-likeness (QED) is 0.728. The van der Waals surface area contributed by atoms with Crippen LogP contribution < -0.4 is 4.74 Å². The molecular formula is C17H14FN2O. The highest BCUT2D eigenvalue weighted by Gasteiger charge is 2.08. The molecule has 0 atom stereocenters. The van der Waals surface area contributed by atoms with Crippen molar-refractivity contribution in [3.63, 3.8) is 0 Å². The first-order valence-electron chi connectivity index (χ1n) is 6.57. The molecule has 0 saturated heterocycles. The fourth-order valence-electron chi connectivity index (χ4n) is 1.97. The Kier molecular flexibility index (Phi) is 3.69. The minimum Gasteiger partial charge on any atom is -0.472 e. The van der Waals surface area contributed by atoms with Crippen LogP contribution in [-0.2, 0) is 6.61 Å². The zero-order valence-electron chi connectivity index (χ0n) is 11.4. The molecule has 1 radical (unpaired) electrons. The van der Waals surface area contributed by atoms with Crippen LogP contribution in [0, 0.1) is 12.7 Å². The van der Waals surface area contributed by atoms with E-state index < -0.39 is 0 Å². The smallest absolute Gasteiger partial charge is 0.236 e. The molecule has 0 spiro atoms. The molecule has 0 N–H and O–H groups in total. The summed E-state index contributed by atoms with van der Waals surface area (Å²) in [5, 5.41) is 4.33. The van der Waals surface area contributed by atoms with Gasteiger partial charge in [0, 0.05) is 11.8 Å². The summed E-state index contributed by atoms with van der Waals surface area (Å²) in [6.07, 6.45) is 1.76. The maximum absolute atomic E-state index is 12.9. The molecule has 1 heterocycles. The van der Waals surface area contributed by atoms with E-state index in [4.69, 9.17) is 4.74 Å². The molecule has 105 valence electrons. The first-order valence-corrected chi connectivity index (χ1v) is 6.57. The van der Waals surface area contributed by atoms with Crippen LogP contribution in [0.3, 0.4) is 0 Å². The van der Waals surface area contributed by atoms with E-state index in [2.05, 4.69) is 12.0 Å². The second-order valence-electron chi connectivity index (χ2n) is 4.65. The zero-order valence-corrected chi connectivity index (χ0v) is 11.4. The summed E-state index contributed by atoms with van der Waals surface area (Å²) < 4.78 is 20.2. The lowest BCUT2D eigenvalue weighted by molar-refractivity contribution is 0.291. The predicted octanol–water partition coefficient (Wildman–Crippen LogP) is 3.77. The van der Waals surface area contributed by atoms with Crippen molar-refractivity contribution in [1.82, 2.24) is 9.78 Å². The van der Waals surface area contributed by atoms with E-state index in [1.54, 1.807) is 23.0 Å². The van der Waals surface area contributed by atoms with Crippen LogP contribution in [0.2, 0.25) is 0 Å². The highest BCUT2D eigenvalue weighted by molar-refractivity contribution is 5.36. The first kappa shape index (κ1) is 13.4. The van der Waals surface area contributed by atoms with Gasteiger partial charge in [-0.3, -0.25) is 0 Å². The molecule has 0 aliphatic carbocycles. The van der Waals surface area contributed by atoms with Gasteiger partial charge in [0.15, 0.2) is 0 Å². The average molecular weight is 281 g/mol. The highest BCUT2D eigenvalue weighted by atomic mass is 19.1. The minimum absolute atomic E-state index is 0.277. The summed E-state index contributed by atoms with van der Waals surface area (Å²) in [5.74, 6) is 0.199. The van der Waals surface area contributed by atoms with Gasteiger partial charge >= 0.3 is 0 Å². The second kappa shape index (κ2) is 5.79. The SMILES string of the molecule is [CH2]c1cn(-c2ccc(F)cc2)nc1OCc1ccccc1. The Balaban J connectivity index is 1.77. The Bertz CT molecular complexity index is 720. The normalized spacial score (nSPS) is 10.6. The third-order valence-corrected chi connectivity index (χ3v) is 3.06. The minimum atomic E-state index is -0.277. The Morgan fingerprint density at radius 1 is 1.05 bits per heavy atom. The van der Waals surface area contributed by atoms with E-state index in [0.717, 1.165) is 11.3 Å². The molecule has 0 unspecified atom stereocenters. The van der Waals surface area contributed by atoms with Gasteiger partial charge in [0.25, 0.3) is 0 Å². The van der Waals surface area contributed by atoms with Gasteiger partial charge in [-0.15, -0.1) is 5.10 Å². The van der Waals surface area contributed by atoms with Gasteiger partial charge in [-0.25, -0.2) is 9.07 Å². The molecule has 1 aromatic heterocycles. The molecule has 3 rings (SSSR count). The number of aromatic nitrogens is 2. The molecular weight excluding hydrogens is 267 g/mol. The Morgan fingerprint density at radius 3 is 2.48 bits per heavy atom. The van der Waals surface area contributed by atoms with E-state index in [9.17, 15) is 4.39 Å². The maximum atomic E-state index is 12.9. The lowest BCUT2D eigenvalue weighted by Gasteiger charge is -2.04. The van der Waals surface area contributed by atoms with Gasteiger partial charge < -0.3 is 4.74 Å². The fraction of sp³-hybridized carbons (Fsp3) is 0.0588. The Labute approximate surface area is 122 Å². The summed E-state index contributed by atoms with van der Waals surface area (Å²) in [4.78, 5) is 0. The zero-order chi connectivity index (χ0) is 14.7. The third-order valence-electron chi connectivity index (χ3n) is 3.06. The van der Waals surface area contributed by atoms with Crippen LogP contribution in [0.25, 0.3) is 5.69 Å². The molecule has 0 aliphatic heterocycles. The fourth-order valence-corrected chi connectivity index (χ4v) is 1.97. The number of hydrogen-bond acceptors (Lipinski definition) is 2. The lowest BCUT2D eigenvalue weighted by atomic mass is 10.2. The molecule has 2 aromatic carbocycles. The topological polar surface area (TPSA) is 27.1 Å². The summed E-state index contributed by atoms with van der Waals surface area (Å²) in [5.41, 5.74) is 2.51. The molecule has 0 aliphatic rings. The molecule has 3 aromatic rings. The van der Waals surface area contributed by atoms with Gasteiger partial charge in [0.1, 0.15) is 12.4 Å². The van der Waals surface area contributed by atoms with Crippen LogP contribution in [-0.4, -0.2) is 9.78 Å². The first-order chi connectivity index (χ1) is 10.2. The molecule has 0 bridgehead atoms. The largest absolute Gasteiger partial charge is 0.472 e. The van der Waals surface area contributed by atoms with E-state index >= 15 is 0 Å². The van der Waals surface area contributed by atoms with Crippen molar-refractivity contribution in [2.45, 2.75) is 6.61 Å². The summed E-state index contributed by atoms with van der Waals surface area (Å²) in [7, 11) is 0. The molecule has 21 heavy (non-hydrogen) atoms. The predicted molar refractivity (Wildman–Crippen MR) is 78.8 cm³/mol. The van der Waals surface area contributed by atoms with Gasteiger partial charge in [-0.2, -0.15) is 0 Å². The lowest BCUT2D eigenvalue weighted by Crippen LogP contribution is -1.98. The van der Waals surface area contributed by atoms with Crippen LogP contribution in [0.4, 0.5) is 4.39 Å². The van der Waals surface area contributed by atoms with Gasteiger partial charge in [-0.05, 0) is 36.8 Å². The Hall–Kier alpha value is -2.62. The molecule has 0 fully saturated rings. The number of ether oxygens (including phenoxy) is 1. The highest BCUT2D eigenvalue weighted by Crippen LogP contribution is 2.19. The summed E-state index contributed by atoms with van der Waals surface area (Å²) in [6.45, 7) is 4.35. The van der Waals surface area contributed by atoms with Crippen molar-refractivity contribution >= 4 is 0 Å². The standard InChI is InChI=1S/C17H14FN2O/c1-13-11-20(16-9-7-15(18)8-10-16)19-17(13)21-12-14-5-3-2-4-6-14/h2-11H,1,12H2. The molecule has 0 saturated carbocycles. The van der Waals surface area contributed by atoms with E-state index in [1.165, 1.54) is 12.1 Å². The molecule has 0 amide bonds. The third kappa shape index (κ3) is 3.11. The Morgan fingerprint density at radius 2 is 1.76 bits per heavy atom. The molecule has 4 heteroatoms. The average Bonchev–Trinajstić information content (AvgIpc) is 2.88. The number of halogens is 1. The van der Waals surface area contributed by atoms with Crippen LogP contribution in [0.15, 0.2) is 60.8 Å². The van der Waals surface area contributed by atoms with Crippen LogP contribution in [0.1, 0.15) is 11.1 Å². The maximum Gasteiger partial charge on any atom is 0.236 e. The van der Waals surface area contributed by atoms with E-state index in [-0.39, 0.29) is 5.82 Å². The van der Waals surface area contributed by atoms with Crippen molar-refractivity contribution in [2.75, 3.05) is 0 Å². The van der Waals surface area contributed by atoms with E-state index in [0.29, 0.717) is 18.1 Å². The van der Waals surface area contributed by atoms with Crippen molar-refractivity contribution in [3.8, 4) is 11.6 Å². The van der Waals surface area contributed by atoms with Crippen molar-refractivity contribution in [1.29, 1.82) is 0 Å². The van der Waals surface area contributed by atoms with Crippen molar-refractivity contribution < 1.29 is 9.13 Å². The number of nitrogens with zero attached hydrogens (tertiary/aromatic N) is 2. The van der Waals surface area contributed by atoms with Crippen LogP contribution in [0.5, 0.6) is 5.88 Å². The van der Waals surface area contributed by atoms with Crippen molar-refractivity contribution in [2.24, 2.45) is 0 Å².